The lowest BCUT2D eigenvalue weighted by atomic mass is 10.2. The van der Waals surface area contributed by atoms with Crippen LogP contribution in [0.25, 0.3) is 0 Å². The van der Waals surface area contributed by atoms with Crippen molar-refractivity contribution < 1.29 is 4.74 Å². The Morgan fingerprint density at radius 3 is 2.57 bits per heavy atom. The van der Waals surface area contributed by atoms with Crippen molar-refractivity contribution in [2.24, 2.45) is 5.10 Å². The monoisotopic (exact) mass is 312 g/mol. The van der Waals surface area contributed by atoms with Crippen molar-refractivity contribution in [3.63, 3.8) is 0 Å². The van der Waals surface area contributed by atoms with Crippen LogP contribution in [0.1, 0.15) is 44.9 Å². The maximum absolute atomic E-state index is 5.34. The van der Waals surface area contributed by atoms with Crippen LogP contribution in [-0.2, 0) is 4.74 Å². The molecule has 120 valence electrons. The second-order valence-electron chi connectivity index (χ2n) is 5.77. The summed E-state index contributed by atoms with van der Waals surface area (Å²) in [5.41, 5.74) is 4.26. The Labute approximate surface area is 133 Å². The normalized spacial score (nSPS) is 20.7. The summed E-state index contributed by atoms with van der Waals surface area (Å²) in [6.07, 6.45) is 8.53. The second kappa shape index (κ2) is 10.1. The molecule has 21 heavy (non-hydrogen) atoms. The van der Waals surface area contributed by atoms with E-state index in [9.17, 15) is 0 Å². The van der Waals surface area contributed by atoms with Crippen LogP contribution in [0.2, 0.25) is 0 Å². The molecule has 1 heterocycles. The van der Waals surface area contributed by atoms with Crippen molar-refractivity contribution in [1.29, 1.82) is 0 Å². The van der Waals surface area contributed by atoms with E-state index in [-0.39, 0.29) is 0 Å². The van der Waals surface area contributed by atoms with Crippen molar-refractivity contribution in [3.8, 4) is 0 Å². The van der Waals surface area contributed by atoms with E-state index in [1.807, 2.05) is 0 Å². The maximum atomic E-state index is 5.34. The van der Waals surface area contributed by atoms with Gasteiger partial charge in [0.25, 0.3) is 0 Å². The minimum absolute atomic E-state index is 0.647. The summed E-state index contributed by atoms with van der Waals surface area (Å²) in [5.74, 6) is 0. The van der Waals surface area contributed by atoms with Crippen molar-refractivity contribution in [1.82, 2.24) is 15.6 Å². The SMILES string of the molecule is S=C(NCCCN1CCOCC1)NN=C1CCCCCC1. The molecule has 0 aromatic carbocycles. The number of hydrogen-bond acceptors (Lipinski definition) is 4. The third-order valence-corrected chi connectivity index (χ3v) is 4.27. The number of morpholine rings is 1. The van der Waals surface area contributed by atoms with E-state index in [1.165, 1.54) is 31.4 Å². The molecule has 0 atom stereocenters. The molecule has 6 heteroatoms. The fourth-order valence-corrected chi connectivity index (χ4v) is 2.89. The molecular formula is C15H28N4OS. The summed E-state index contributed by atoms with van der Waals surface area (Å²) in [4.78, 5) is 2.44. The van der Waals surface area contributed by atoms with E-state index in [4.69, 9.17) is 17.0 Å². The predicted octanol–water partition coefficient (Wildman–Crippen LogP) is 1.88. The van der Waals surface area contributed by atoms with Gasteiger partial charge in [-0.15, -0.1) is 0 Å². The molecule has 0 unspecified atom stereocenters. The molecule has 0 aromatic heterocycles. The van der Waals surface area contributed by atoms with Gasteiger partial charge in [0.05, 0.1) is 13.2 Å². The topological polar surface area (TPSA) is 48.9 Å². The number of ether oxygens (including phenoxy) is 1. The third-order valence-electron chi connectivity index (χ3n) is 4.04. The molecule has 2 aliphatic rings. The van der Waals surface area contributed by atoms with Gasteiger partial charge in [-0.25, -0.2) is 0 Å². The molecule has 2 fully saturated rings. The number of rotatable bonds is 5. The summed E-state index contributed by atoms with van der Waals surface area (Å²) in [6, 6.07) is 0. The summed E-state index contributed by atoms with van der Waals surface area (Å²) < 4.78 is 5.34. The molecule has 0 amide bonds. The van der Waals surface area contributed by atoms with Crippen LogP contribution in [0.4, 0.5) is 0 Å². The van der Waals surface area contributed by atoms with Gasteiger partial charge in [0, 0.05) is 25.3 Å². The lowest BCUT2D eigenvalue weighted by Crippen LogP contribution is -2.39. The molecular weight excluding hydrogens is 284 g/mol. The quantitative estimate of drug-likeness (QED) is 0.351. The Hall–Kier alpha value is -0.720. The first kappa shape index (κ1) is 16.6. The molecule has 2 N–H and O–H groups in total. The van der Waals surface area contributed by atoms with Crippen LogP contribution in [0.5, 0.6) is 0 Å². The Kier molecular flexibility index (Phi) is 7.99. The van der Waals surface area contributed by atoms with Crippen LogP contribution < -0.4 is 10.7 Å². The summed E-state index contributed by atoms with van der Waals surface area (Å²) >= 11 is 5.26. The Morgan fingerprint density at radius 1 is 1.14 bits per heavy atom. The molecule has 0 aromatic rings. The van der Waals surface area contributed by atoms with Crippen molar-refractivity contribution in [2.75, 3.05) is 39.4 Å². The molecule has 1 saturated carbocycles. The van der Waals surface area contributed by atoms with Crippen LogP contribution in [0, 0.1) is 0 Å². The summed E-state index contributed by atoms with van der Waals surface area (Å²) in [7, 11) is 0. The first-order valence-corrected chi connectivity index (χ1v) is 8.65. The number of nitrogens with one attached hydrogen (secondary N) is 2. The Bertz CT molecular complexity index is 333. The van der Waals surface area contributed by atoms with Gasteiger partial charge in [0.15, 0.2) is 5.11 Å². The van der Waals surface area contributed by atoms with Crippen LogP contribution in [-0.4, -0.2) is 55.1 Å². The van der Waals surface area contributed by atoms with E-state index >= 15 is 0 Å². The molecule has 5 nitrogen and oxygen atoms in total. The van der Waals surface area contributed by atoms with E-state index in [2.05, 4.69) is 20.7 Å². The van der Waals surface area contributed by atoms with Crippen molar-refractivity contribution in [2.45, 2.75) is 44.9 Å². The molecule has 1 aliphatic carbocycles. The smallest absolute Gasteiger partial charge is 0.186 e. The minimum atomic E-state index is 0.647. The zero-order valence-corrected chi connectivity index (χ0v) is 13.7. The highest BCUT2D eigenvalue weighted by molar-refractivity contribution is 7.80. The molecule has 1 aliphatic heterocycles. The average Bonchev–Trinajstić information content (AvgIpc) is 2.79. The molecule has 2 rings (SSSR count). The van der Waals surface area contributed by atoms with Gasteiger partial charge in [0.2, 0.25) is 0 Å². The van der Waals surface area contributed by atoms with Gasteiger partial charge < -0.3 is 10.1 Å². The van der Waals surface area contributed by atoms with Gasteiger partial charge >= 0.3 is 0 Å². The zero-order chi connectivity index (χ0) is 14.8. The predicted molar refractivity (Wildman–Crippen MR) is 90.7 cm³/mol. The Morgan fingerprint density at radius 2 is 1.86 bits per heavy atom. The standard InChI is InChI=1S/C15H28N4OS/c21-15(18-17-14-6-3-1-2-4-7-14)16-8-5-9-19-10-12-20-13-11-19/h1-13H2,(H2,16,18,21). The summed E-state index contributed by atoms with van der Waals surface area (Å²) in [5, 5.41) is 8.33. The van der Waals surface area contributed by atoms with Gasteiger partial charge in [-0.05, 0) is 50.9 Å². The van der Waals surface area contributed by atoms with E-state index in [0.29, 0.717) is 5.11 Å². The largest absolute Gasteiger partial charge is 0.379 e. The van der Waals surface area contributed by atoms with E-state index in [0.717, 1.165) is 58.7 Å². The molecule has 0 radical (unpaired) electrons. The lowest BCUT2D eigenvalue weighted by molar-refractivity contribution is 0.0376. The van der Waals surface area contributed by atoms with Crippen LogP contribution in [0.3, 0.4) is 0 Å². The second-order valence-corrected chi connectivity index (χ2v) is 6.18. The highest BCUT2D eigenvalue weighted by Crippen LogP contribution is 2.14. The molecule has 0 spiro atoms. The minimum Gasteiger partial charge on any atom is -0.379 e. The van der Waals surface area contributed by atoms with Gasteiger partial charge in [-0.1, -0.05) is 12.8 Å². The van der Waals surface area contributed by atoms with Crippen LogP contribution in [0.15, 0.2) is 5.10 Å². The fraction of sp³-hybridized carbons (Fsp3) is 0.867. The van der Waals surface area contributed by atoms with E-state index in [1.54, 1.807) is 0 Å². The molecule has 0 bridgehead atoms. The summed E-state index contributed by atoms with van der Waals surface area (Å²) in [6.45, 7) is 5.84. The van der Waals surface area contributed by atoms with Gasteiger partial charge in [-0.2, -0.15) is 5.10 Å². The number of hydrogen-bond donors (Lipinski definition) is 2. The first-order chi connectivity index (χ1) is 10.3. The van der Waals surface area contributed by atoms with E-state index < -0.39 is 0 Å². The molecule has 1 saturated heterocycles. The number of hydrazone groups is 1. The fourth-order valence-electron chi connectivity index (χ4n) is 2.75. The van der Waals surface area contributed by atoms with Gasteiger partial charge in [-0.3, -0.25) is 10.3 Å². The third kappa shape index (κ3) is 7.20. The maximum Gasteiger partial charge on any atom is 0.186 e. The van der Waals surface area contributed by atoms with Crippen LogP contribution >= 0.6 is 12.2 Å². The van der Waals surface area contributed by atoms with Crippen molar-refractivity contribution in [3.05, 3.63) is 0 Å². The lowest BCUT2D eigenvalue weighted by Gasteiger charge is -2.26. The highest BCUT2D eigenvalue weighted by Gasteiger charge is 2.09. The van der Waals surface area contributed by atoms with Crippen molar-refractivity contribution >= 4 is 23.0 Å². The highest BCUT2D eigenvalue weighted by atomic mass is 32.1. The Balaban J connectivity index is 1.53. The number of thiocarbonyl (C=S) groups is 1. The average molecular weight is 312 g/mol. The first-order valence-electron chi connectivity index (χ1n) is 8.24. The number of nitrogens with zero attached hydrogens (tertiary/aromatic N) is 2. The van der Waals surface area contributed by atoms with Gasteiger partial charge in [0.1, 0.15) is 0 Å². The zero-order valence-electron chi connectivity index (χ0n) is 12.9.